The minimum absolute atomic E-state index is 0.221. The van der Waals surface area contributed by atoms with Gasteiger partial charge in [-0.3, -0.25) is 4.79 Å². The molecular formula is C13H26N2O3. The van der Waals surface area contributed by atoms with Gasteiger partial charge in [0, 0.05) is 12.1 Å². The molecule has 0 aliphatic heterocycles. The van der Waals surface area contributed by atoms with E-state index < -0.39 is 5.97 Å². The van der Waals surface area contributed by atoms with Gasteiger partial charge in [-0.05, 0) is 25.7 Å². The highest BCUT2D eigenvalue weighted by Crippen LogP contribution is 2.19. The van der Waals surface area contributed by atoms with Crippen LogP contribution in [0.25, 0.3) is 0 Å². The molecule has 0 aromatic rings. The molecule has 5 heteroatoms. The number of nitrogens with one attached hydrogen (secondary N) is 1. The van der Waals surface area contributed by atoms with E-state index in [-0.39, 0.29) is 18.1 Å². The molecule has 0 aromatic carbocycles. The average molecular weight is 258 g/mol. The number of urea groups is 1. The van der Waals surface area contributed by atoms with Crippen LogP contribution in [0.15, 0.2) is 0 Å². The number of hydrogen-bond acceptors (Lipinski definition) is 2. The van der Waals surface area contributed by atoms with E-state index in [1.54, 1.807) is 0 Å². The van der Waals surface area contributed by atoms with Gasteiger partial charge in [-0.15, -0.1) is 0 Å². The number of rotatable bonds is 8. The lowest BCUT2D eigenvalue weighted by Crippen LogP contribution is -2.53. The van der Waals surface area contributed by atoms with Gasteiger partial charge in [0.05, 0.1) is 0 Å². The summed E-state index contributed by atoms with van der Waals surface area (Å²) in [6.07, 6.45) is 3.29. The van der Waals surface area contributed by atoms with Crippen molar-refractivity contribution in [2.75, 3.05) is 13.1 Å². The molecule has 0 aliphatic carbocycles. The van der Waals surface area contributed by atoms with Crippen LogP contribution in [0.2, 0.25) is 0 Å². The van der Waals surface area contributed by atoms with Crippen LogP contribution in [0.5, 0.6) is 0 Å². The number of nitrogens with zero attached hydrogens (tertiary/aromatic N) is 1. The molecule has 0 saturated carbocycles. The summed E-state index contributed by atoms with van der Waals surface area (Å²) in [5, 5.41) is 11.8. The summed E-state index contributed by atoms with van der Waals surface area (Å²) >= 11 is 0. The summed E-state index contributed by atoms with van der Waals surface area (Å²) < 4.78 is 0. The normalized spacial score (nSPS) is 11.1. The molecule has 0 bridgehead atoms. The van der Waals surface area contributed by atoms with Crippen LogP contribution < -0.4 is 5.32 Å². The van der Waals surface area contributed by atoms with Crippen LogP contribution in [-0.2, 0) is 4.79 Å². The van der Waals surface area contributed by atoms with Crippen LogP contribution in [0.4, 0.5) is 4.79 Å². The largest absolute Gasteiger partial charge is 0.480 e. The average Bonchev–Trinajstić information content (AvgIpc) is 2.35. The van der Waals surface area contributed by atoms with E-state index in [4.69, 9.17) is 5.11 Å². The highest BCUT2D eigenvalue weighted by Gasteiger charge is 2.28. The van der Waals surface area contributed by atoms with Crippen molar-refractivity contribution in [2.45, 2.75) is 58.9 Å². The molecule has 2 amide bonds. The van der Waals surface area contributed by atoms with Crippen molar-refractivity contribution in [2.24, 2.45) is 0 Å². The summed E-state index contributed by atoms with van der Waals surface area (Å²) in [6, 6.07) is -0.273. The predicted octanol–water partition coefficient (Wildman–Crippen LogP) is 2.46. The Morgan fingerprint density at radius 2 is 1.61 bits per heavy atom. The molecule has 2 N–H and O–H groups in total. The van der Waals surface area contributed by atoms with Crippen molar-refractivity contribution in [1.29, 1.82) is 0 Å². The van der Waals surface area contributed by atoms with E-state index in [1.165, 1.54) is 4.90 Å². The molecule has 0 aromatic heterocycles. The van der Waals surface area contributed by atoms with Crippen LogP contribution in [-0.4, -0.2) is 40.6 Å². The maximum absolute atomic E-state index is 12.1. The Kier molecular flexibility index (Phi) is 7.39. The van der Waals surface area contributed by atoms with Gasteiger partial charge in [0.15, 0.2) is 0 Å². The molecule has 0 atom stereocenters. The lowest BCUT2D eigenvalue weighted by atomic mass is 9.90. The molecule has 106 valence electrons. The van der Waals surface area contributed by atoms with Crippen molar-refractivity contribution < 1.29 is 14.7 Å². The third kappa shape index (κ3) is 4.94. The van der Waals surface area contributed by atoms with Crippen LogP contribution in [0.3, 0.4) is 0 Å². The summed E-state index contributed by atoms with van der Waals surface area (Å²) in [4.78, 5) is 24.2. The van der Waals surface area contributed by atoms with Gasteiger partial charge in [0.2, 0.25) is 0 Å². The zero-order chi connectivity index (χ0) is 14.2. The number of carboxylic acid groups (broad SMARTS) is 1. The molecule has 0 saturated heterocycles. The highest BCUT2D eigenvalue weighted by atomic mass is 16.4. The van der Waals surface area contributed by atoms with Crippen LogP contribution >= 0.6 is 0 Å². The molecule has 0 unspecified atom stereocenters. The van der Waals surface area contributed by atoms with Crippen molar-refractivity contribution in [1.82, 2.24) is 10.2 Å². The van der Waals surface area contributed by atoms with Crippen molar-refractivity contribution >= 4 is 12.0 Å². The summed E-state index contributed by atoms with van der Waals surface area (Å²) in [5.41, 5.74) is -0.221. The Balaban J connectivity index is 4.71. The lowest BCUT2D eigenvalue weighted by Gasteiger charge is -2.34. The minimum Gasteiger partial charge on any atom is -0.480 e. The number of amides is 2. The Bertz CT molecular complexity index is 267. The van der Waals surface area contributed by atoms with Crippen molar-refractivity contribution in [3.8, 4) is 0 Å². The highest BCUT2D eigenvalue weighted by molar-refractivity contribution is 5.80. The Morgan fingerprint density at radius 1 is 1.11 bits per heavy atom. The standard InChI is InChI=1S/C13H26N2O3/c1-5-9-15(10-11(16)17)12(18)14-13(6-2,7-3)8-4/h5-10H2,1-4H3,(H,14,18)(H,16,17). The van der Waals surface area contributed by atoms with Gasteiger partial charge in [0.25, 0.3) is 0 Å². The first kappa shape index (κ1) is 16.7. The van der Waals surface area contributed by atoms with Gasteiger partial charge in [-0.25, -0.2) is 4.79 Å². The third-order valence-corrected chi connectivity index (χ3v) is 3.51. The second-order valence-corrected chi connectivity index (χ2v) is 4.59. The number of carboxylic acids is 1. The second-order valence-electron chi connectivity index (χ2n) is 4.59. The number of aliphatic carboxylic acids is 1. The Morgan fingerprint density at radius 3 is 1.94 bits per heavy atom. The lowest BCUT2D eigenvalue weighted by molar-refractivity contribution is -0.137. The fourth-order valence-corrected chi connectivity index (χ4v) is 2.01. The SMILES string of the molecule is CCCN(CC(=O)O)C(=O)NC(CC)(CC)CC. The van der Waals surface area contributed by atoms with Gasteiger partial charge in [0.1, 0.15) is 6.54 Å². The number of carbonyl (C=O) groups excluding carboxylic acids is 1. The fourth-order valence-electron chi connectivity index (χ4n) is 2.01. The monoisotopic (exact) mass is 258 g/mol. The third-order valence-electron chi connectivity index (χ3n) is 3.51. The molecule has 18 heavy (non-hydrogen) atoms. The first-order chi connectivity index (χ1) is 8.44. The van der Waals surface area contributed by atoms with E-state index in [9.17, 15) is 9.59 Å². The van der Waals surface area contributed by atoms with Gasteiger partial charge < -0.3 is 15.3 Å². The molecule has 0 aliphatic rings. The minimum atomic E-state index is -0.978. The maximum atomic E-state index is 12.1. The van der Waals surface area contributed by atoms with E-state index in [0.29, 0.717) is 6.54 Å². The molecule has 0 heterocycles. The molecular weight excluding hydrogens is 232 g/mol. The fraction of sp³-hybridized carbons (Fsp3) is 0.846. The molecule has 0 rings (SSSR count). The van der Waals surface area contributed by atoms with E-state index >= 15 is 0 Å². The summed E-state index contributed by atoms with van der Waals surface area (Å²) in [7, 11) is 0. The van der Waals surface area contributed by atoms with Gasteiger partial charge in [-0.2, -0.15) is 0 Å². The van der Waals surface area contributed by atoms with E-state index in [0.717, 1.165) is 25.7 Å². The molecule has 0 spiro atoms. The first-order valence-electron chi connectivity index (χ1n) is 6.73. The zero-order valence-electron chi connectivity index (χ0n) is 12.0. The summed E-state index contributed by atoms with van der Waals surface area (Å²) in [5.74, 6) is -0.978. The molecule has 5 nitrogen and oxygen atoms in total. The van der Waals surface area contributed by atoms with E-state index in [1.807, 2.05) is 27.7 Å². The van der Waals surface area contributed by atoms with Gasteiger partial charge in [-0.1, -0.05) is 27.7 Å². The maximum Gasteiger partial charge on any atom is 0.323 e. The first-order valence-corrected chi connectivity index (χ1v) is 6.73. The number of hydrogen-bond donors (Lipinski definition) is 2. The van der Waals surface area contributed by atoms with Crippen LogP contribution in [0, 0.1) is 0 Å². The Hall–Kier alpha value is -1.26. The second kappa shape index (κ2) is 7.95. The van der Waals surface area contributed by atoms with Crippen molar-refractivity contribution in [3.05, 3.63) is 0 Å². The smallest absolute Gasteiger partial charge is 0.323 e. The number of carbonyl (C=O) groups is 2. The molecule has 0 radical (unpaired) electrons. The summed E-state index contributed by atoms with van der Waals surface area (Å²) in [6.45, 7) is 8.25. The van der Waals surface area contributed by atoms with Crippen LogP contribution in [0.1, 0.15) is 53.4 Å². The quantitative estimate of drug-likeness (QED) is 0.702. The van der Waals surface area contributed by atoms with E-state index in [2.05, 4.69) is 5.32 Å². The molecule has 0 fully saturated rings. The predicted molar refractivity (Wildman–Crippen MR) is 71.6 cm³/mol. The zero-order valence-corrected chi connectivity index (χ0v) is 12.0. The Labute approximate surface area is 110 Å². The van der Waals surface area contributed by atoms with Crippen molar-refractivity contribution in [3.63, 3.8) is 0 Å². The topological polar surface area (TPSA) is 69.6 Å². The van der Waals surface area contributed by atoms with Gasteiger partial charge >= 0.3 is 12.0 Å².